The van der Waals surface area contributed by atoms with Gasteiger partial charge in [0, 0.05) is 5.56 Å². The van der Waals surface area contributed by atoms with Crippen molar-refractivity contribution < 1.29 is 22.3 Å². The summed E-state index contributed by atoms with van der Waals surface area (Å²) in [5.41, 5.74) is 0.535. The zero-order chi connectivity index (χ0) is 20.1. The first kappa shape index (κ1) is 19.4. The van der Waals surface area contributed by atoms with Crippen molar-refractivity contribution in [3.8, 4) is 5.75 Å². The number of benzene rings is 3. The van der Waals surface area contributed by atoms with Gasteiger partial charge in [0.05, 0.1) is 23.4 Å². The first-order valence-electron chi connectivity index (χ1n) is 8.22. The van der Waals surface area contributed by atoms with Crippen LogP contribution in [0.15, 0.2) is 77.7 Å². The van der Waals surface area contributed by atoms with Crippen LogP contribution in [0.3, 0.4) is 0 Å². The normalized spacial score (nSPS) is 10.9. The summed E-state index contributed by atoms with van der Waals surface area (Å²) >= 11 is 0. The first-order chi connectivity index (χ1) is 13.4. The molecule has 0 radical (unpaired) electrons. The van der Waals surface area contributed by atoms with Crippen LogP contribution in [0.25, 0.3) is 0 Å². The summed E-state index contributed by atoms with van der Waals surface area (Å²) in [6, 6.07) is 17.7. The van der Waals surface area contributed by atoms with Gasteiger partial charge in [0.2, 0.25) is 0 Å². The number of ether oxygens (including phenoxy) is 1. The van der Waals surface area contributed by atoms with Crippen LogP contribution < -0.4 is 14.8 Å². The van der Waals surface area contributed by atoms with Crippen molar-refractivity contribution in [2.24, 2.45) is 0 Å². The smallest absolute Gasteiger partial charge is 0.262 e. The third-order valence-corrected chi connectivity index (χ3v) is 5.28. The molecule has 0 atom stereocenters. The van der Waals surface area contributed by atoms with Crippen molar-refractivity contribution in [1.82, 2.24) is 0 Å². The minimum atomic E-state index is -3.88. The largest absolute Gasteiger partial charge is 0.495 e. The first-order valence-corrected chi connectivity index (χ1v) is 9.71. The number of amides is 1. The van der Waals surface area contributed by atoms with E-state index in [0.717, 1.165) is 0 Å². The van der Waals surface area contributed by atoms with Crippen LogP contribution in [0, 0.1) is 5.82 Å². The van der Waals surface area contributed by atoms with E-state index in [1.165, 1.54) is 49.6 Å². The average molecular weight is 400 g/mol. The molecule has 1 amide bonds. The van der Waals surface area contributed by atoms with E-state index in [9.17, 15) is 17.6 Å². The molecule has 2 N–H and O–H groups in total. The van der Waals surface area contributed by atoms with E-state index in [4.69, 9.17) is 4.74 Å². The van der Waals surface area contributed by atoms with Gasteiger partial charge in [-0.3, -0.25) is 9.52 Å². The molecule has 3 rings (SSSR count). The molecule has 8 heteroatoms. The Balaban J connectivity index is 1.78. The van der Waals surface area contributed by atoms with Crippen LogP contribution in [0.1, 0.15) is 10.4 Å². The molecule has 0 saturated heterocycles. The summed E-state index contributed by atoms with van der Waals surface area (Å²) in [6.07, 6.45) is 0. The van der Waals surface area contributed by atoms with Crippen LogP contribution in [0.2, 0.25) is 0 Å². The maximum Gasteiger partial charge on any atom is 0.262 e. The highest BCUT2D eigenvalue weighted by atomic mass is 32.2. The molecule has 0 aliphatic heterocycles. The van der Waals surface area contributed by atoms with Gasteiger partial charge in [0.15, 0.2) is 0 Å². The van der Waals surface area contributed by atoms with E-state index in [1.807, 2.05) is 0 Å². The lowest BCUT2D eigenvalue weighted by molar-refractivity contribution is 0.102. The van der Waals surface area contributed by atoms with Gasteiger partial charge in [-0.2, -0.15) is 0 Å². The van der Waals surface area contributed by atoms with Gasteiger partial charge in [-0.25, -0.2) is 12.8 Å². The fourth-order valence-corrected chi connectivity index (χ4v) is 3.55. The van der Waals surface area contributed by atoms with Crippen LogP contribution >= 0.6 is 0 Å². The molecule has 6 nitrogen and oxygen atoms in total. The van der Waals surface area contributed by atoms with Crippen LogP contribution in [0.4, 0.5) is 15.8 Å². The highest BCUT2D eigenvalue weighted by Gasteiger charge is 2.17. The molecular formula is C20H17FN2O4S. The van der Waals surface area contributed by atoms with Gasteiger partial charge >= 0.3 is 0 Å². The number of hydrogen-bond acceptors (Lipinski definition) is 4. The standard InChI is InChI=1S/C20H17FN2O4S/c1-27-19-9-5-4-8-18(19)23-28(25,26)15-12-10-14(11-13-15)20(24)22-17-7-3-2-6-16(17)21/h2-13,23H,1H3,(H,22,24). The van der Waals surface area contributed by atoms with Crippen LogP contribution in [-0.2, 0) is 10.0 Å². The molecule has 0 spiro atoms. The number of para-hydroxylation sites is 3. The predicted molar refractivity (Wildman–Crippen MR) is 105 cm³/mol. The van der Waals surface area contributed by atoms with E-state index in [1.54, 1.807) is 30.3 Å². The van der Waals surface area contributed by atoms with Crippen molar-refractivity contribution in [3.63, 3.8) is 0 Å². The molecule has 0 saturated carbocycles. The van der Waals surface area contributed by atoms with Gasteiger partial charge in [0.25, 0.3) is 15.9 Å². The fraction of sp³-hybridized carbons (Fsp3) is 0.0500. The molecule has 144 valence electrons. The van der Waals surface area contributed by atoms with Gasteiger partial charge in [-0.05, 0) is 48.5 Å². The number of carbonyl (C=O) groups is 1. The third kappa shape index (κ3) is 4.29. The fourth-order valence-electron chi connectivity index (χ4n) is 2.48. The summed E-state index contributed by atoms with van der Waals surface area (Å²) in [5, 5.41) is 2.44. The Kier molecular flexibility index (Phi) is 5.60. The lowest BCUT2D eigenvalue weighted by Crippen LogP contribution is -2.15. The van der Waals surface area contributed by atoms with Gasteiger partial charge in [-0.15, -0.1) is 0 Å². The zero-order valence-corrected chi connectivity index (χ0v) is 15.7. The number of rotatable bonds is 6. The predicted octanol–water partition coefficient (Wildman–Crippen LogP) is 3.89. The second-order valence-corrected chi connectivity index (χ2v) is 7.45. The summed E-state index contributed by atoms with van der Waals surface area (Å²) in [5.74, 6) is -0.727. The minimum Gasteiger partial charge on any atom is -0.495 e. The maximum absolute atomic E-state index is 13.6. The molecule has 0 aliphatic carbocycles. The Bertz CT molecular complexity index is 1100. The molecule has 3 aromatic carbocycles. The van der Waals surface area contributed by atoms with Crippen molar-refractivity contribution >= 4 is 27.3 Å². The SMILES string of the molecule is COc1ccccc1NS(=O)(=O)c1ccc(C(=O)Nc2ccccc2F)cc1. The van der Waals surface area contributed by atoms with Crippen LogP contribution in [-0.4, -0.2) is 21.4 Å². The second kappa shape index (κ2) is 8.10. The quantitative estimate of drug-likeness (QED) is 0.658. The van der Waals surface area contributed by atoms with E-state index in [-0.39, 0.29) is 16.1 Å². The lowest BCUT2D eigenvalue weighted by Gasteiger charge is -2.12. The molecule has 0 heterocycles. The molecule has 0 aromatic heterocycles. The molecule has 0 fully saturated rings. The summed E-state index contributed by atoms with van der Waals surface area (Å²) in [4.78, 5) is 12.2. The third-order valence-electron chi connectivity index (χ3n) is 3.90. The van der Waals surface area contributed by atoms with E-state index in [0.29, 0.717) is 11.4 Å². The molecule has 0 aliphatic rings. The monoisotopic (exact) mass is 400 g/mol. The van der Waals surface area contributed by atoms with E-state index >= 15 is 0 Å². The van der Waals surface area contributed by atoms with Gasteiger partial charge in [0.1, 0.15) is 11.6 Å². The minimum absolute atomic E-state index is 0.0270. The summed E-state index contributed by atoms with van der Waals surface area (Å²) in [6.45, 7) is 0. The highest BCUT2D eigenvalue weighted by Crippen LogP contribution is 2.26. The topological polar surface area (TPSA) is 84.5 Å². The summed E-state index contributed by atoms with van der Waals surface area (Å²) in [7, 11) is -2.44. The van der Waals surface area contributed by atoms with Gasteiger partial charge < -0.3 is 10.1 Å². The number of carbonyl (C=O) groups excluding carboxylic acids is 1. The molecule has 0 unspecified atom stereocenters. The van der Waals surface area contributed by atoms with Crippen LogP contribution in [0.5, 0.6) is 5.75 Å². The Labute approximate surface area is 162 Å². The molecule has 3 aromatic rings. The number of hydrogen-bond donors (Lipinski definition) is 2. The maximum atomic E-state index is 13.6. The average Bonchev–Trinajstić information content (AvgIpc) is 2.70. The molecule has 28 heavy (non-hydrogen) atoms. The van der Waals surface area contributed by atoms with Gasteiger partial charge in [-0.1, -0.05) is 24.3 Å². The van der Waals surface area contributed by atoms with Crippen molar-refractivity contribution in [2.75, 3.05) is 17.1 Å². The van der Waals surface area contributed by atoms with Crippen molar-refractivity contribution in [3.05, 3.63) is 84.2 Å². The van der Waals surface area contributed by atoms with E-state index < -0.39 is 21.7 Å². The molecule has 0 bridgehead atoms. The zero-order valence-electron chi connectivity index (χ0n) is 14.8. The van der Waals surface area contributed by atoms with E-state index in [2.05, 4.69) is 10.0 Å². The number of anilines is 2. The number of nitrogens with one attached hydrogen (secondary N) is 2. The second-order valence-electron chi connectivity index (χ2n) is 5.76. The Hall–Kier alpha value is -3.39. The summed E-state index contributed by atoms with van der Waals surface area (Å²) < 4.78 is 46.4. The Morgan fingerprint density at radius 3 is 2.14 bits per heavy atom. The Morgan fingerprint density at radius 2 is 1.50 bits per heavy atom. The lowest BCUT2D eigenvalue weighted by atomic mass is 10.2. The molecular weight excluding hydrogens is 383 g/mol. The number of halogens is 1. The Morgan fingerprint density at radius 1 is 0.893 bits per heavy atom. The van der Waals surface area contributed by atoms with Crippen molar-refractivity contribution in [1.29, 1.82) is 0 Å². The number of sulfonamides is 1. The highest BCUT2D eigenvalue weighted by molar-refractivity contribution is 7.92. The van der Waals surface area contributed by atoms with Crippen molar-refractivity contribution in [2.45, 2.75) is 4.90 Å². The number of methoxy groups -OCH3 is 1.